The summed E-state index contributed by atoms with van der Waals surface area (Å²) < 4.78 is 7.54. The molecular formula is C21H22N4O2. The molecule has 2 unspecified atom stereocenters. The number of amides is 1. The van der Waals surface area contributed by atoms with Gasteiger partial charge in [-0.2, -0.15) is 5.10 Å². The van der Waals surface area contributed by atoms with Crippen LogP contribution in [0, 0.1) is 19.8 Å². The predicted molar refractivity (Wildman–Crippen MR) is 103 cm³/mol. The molecule has 3 aromatic rings. The predicted octanol–water partition coefficient (Wildman–Crippen LogP) is 3.97. The van der Waals surface area contributed by atoms with Gasteiger partial charge in [-0.3, -0.25) is 9.48 Å². The van der Waals surface area contributed by atoms with Crippen LogP contribution in [0.3, 0.4) is 0 Å². The van der Waals surface area contributed by atoms with Crippen molar-refractivity contribution in [3.05, 3.63) is 65.6 Å². The van der Waals surface area contributed by atoms with Crippen molar-refractivity contribution < 1.29 is 9.53 Å². The van der Waals surface area contributed by atoms with Crippen molar-refractivity contribution in [1.29, 1.82) is 0 Å². The fourth-order valence-electron chi connectivity index (χ4n) is 3.13. The molecule has 1 amide bonds. The van der Waals surface area contributed by atoms with E-state index in [1.165, 1.54) is 11.1 Å². The summed E-state index contributed by atoms with van der Waals surface area (Å²) in [5.74, 6) is 1.53. The number of nitrogens with one attached hydrogen (secondary N) is 1. The summed E-state index contributed by atoms with van der Waals surface area (Å²) in [6, 6.07) is 9.50. The minimum atomic E-state index is 0.000611. The number of carbonyl (C=O) groups is 1. The summed E-state index contributed by atoms with van der Waals surface area (Å²) in [6.45, 7) is 4.11. The fourth-order valence-corrected chi connectivity index (χ4v) is 3.13. The van der Waals surface area contributed by atoms with Crippen LogP contribution in [-0.4, -0.2) is 20.7 Å². The Morgan fingerprint density at radius 1 is 1.19 bits per heavy atom. The third kappa shape index (κ3) is 3.84. The second-order valence-corrected chi connectivity index (χ2v) is 7.12. The summed E-state index contributed by atoms with van der Waals surface area (Å²) >= 11 is 0. The number of aryl methyl sites for hydroxylation is 3. The highest BCUT2D eigenvalue weighted by molar-refractivity contribution is 5.95. The maximum atomic E-state index is 12.4. The minimum absolute atomic E-state index is 0.000611. The molecule has 27 heavy (non-hydrogen) atoms. The van der Waals surface area contributed by atoms with Crippen LogP contribution in [0.15, 0.2) is 48.9 Å². The number of hydrogen-bond donors (Lipinski definition) is 1. The summed E-state index contributed by atoms with van der Waals surface area (Å²) in [5, 5.41) is 7.10. The number of benzene rings is 1. The van der Waals surface area contributed by atoms with Crippen molar-refractivity contribution in [3.8, 4) is 11.6 Å². The van der Waals surface area contributed by atoms with E-state index in [9.17, 15) is 4.79 Å². The highest BCUT2D eigenvalue weighted by atomic mass is 16.5. The first-order valence-corrected chi connectivity index (χ1v) is 9.00. The molecule has 0 bridgehead atoms. The van der Waals surface area contributed by atoms with Gasteiger partial charge >= 0.3 is 0 Å². The van der Waals surface area contributed by atoms with Crippen LogP contribution in [-0.2, 0) is 11.8 Å². The first kappa shape index (κ1) is 17.3. The Balaban J connectivity index is 1.35. The number of hydrogen-bond acceptors (Lipinski definition) is 4. The summed E-state index contributed by atoms with van der Waals surface area (Å²) in [5.41, 5.74) is 4.18. The van der Waals surface area contributed by atoms with Crippen LogP contribution in [0.25, 0.3) is 0 Å². The molecule has 4 rings (SSSR count). The van der Waals surface area contributed by atoms with Crippen LogP contribution in [0.5, 0.6) is 11.6 Å². The molecule has 1 aliphatic carbocycles. The van der Waals surface area contributed by atoms with Crippen LogP contribution in [0.4, 0.5) is 5.69 Å². The molecule has 6 nitrogen and oxygen atoms in total. The van der Waals surface area contributed by atoms with Gasteiger partial charge in [0.25, 0.3) is 0 Å². The molecule has 0 saturated heterocycles. The SMILES string of the molecule is Cc1ccc(Oc2ccc(NC(=O)C3CC3c3cnn(C)c3)cn2)cc1C. The van der Waals surface area contributed by atoms with E-state index in [1.807, 2.05) is 50.6 Å². The number of ether oxygens (including phenoxy) is 1. The van der Waals surface area contributed by atoms with Crippen molar-refractivity contribution in [2.24, 2.45) is 13.0 Å². The lowest BCUT2D eigenvalue weighted by Gasteiger charge is -2.08. The highest BCUT2D eigenvalue weighted by Gasteiger charge is 2.44. The Labute approximate surface area is 158 Å². The Morgan fingerprint density at radius 2 is 2.04 bits per heavy atom. The van der Waals surface area contributed by atoms with E-state index in [0.717, 1.165) is 17.7 Å². The maximum Gasteiger partial charge on any atom is 0.228 e. The lowest BCUT2D eigenvalue weighted by Crippen LogP contribution is -2.14. The van der Waals surface area contributed by atoms with Crippen LogP contribution >= 0.6 is 0 Å². The molecular weight excluding hydrogens is 340 g/mol. The lowest BCUT2D eigenvalue weighted by molar-refractivity contribution is -0.117. The van der Waals surface area contributed by atoms with Crippen molar-refractivity contribution in [3.63, 3.8) is 0 Å². The normalized spacial score (nSPS) is 18.2. The molecule has 1 fully saturated rings. The van der Waals surface area contributed by atoms with E-state index in [4.69, 9.17) is 4.74 Å². The lowest BCUT2D eigenvalue weighted by atomic mass is 10.1. The van der Waals surface area contributed by atoms with Gasteiger partial charge in [0, 0.05) is 25.2 Å². The summed E-state index contributed by atoms with van der Waals surface area (Å²) in [7, 11) is 1.88. The minimum Gasteiger partial charge on any atom is -0.439 e. The van der Waals surface area contributed by atoms with Gasteiger partial charge in [0.15, 0.2) is 0 Å². The topological polar surface area (TPSA) is 69.0 Å². The first-order chi connectivity index (χ1) is 13.0. The molecule has 1 saturated carbocycles. The number of aromatic nitrogens is 3. The second-order valence-electron chi connectivity index (χ2n) is 7.12. The Morgan fingerprint density at radius 3 is 2.70 bits per heavy atom. The molecule has 1 aliphatic rings. The third-order valence-electron chi connectivity index (χ3n) is 4.98. The quantitative estimate of drug-likeness (QED) is 0.746. The van der Waals surface area contributed by atoms with Gasteiger partial charge in [-0.05, 0) is 61.1 Å². The maximum absolute atomic E-state index is 12.4. The molecule has 1 N–H and O–H groups in total. The van der Waals surface area contributed by atoms with Crippen LogP contribution in [0.1, 0.15) is 29.0 Å². The van der Waals surface area contributed by atoms with Gasteiger partial charge < -0.3 is 10.1 Å². The zero-order chi connectivity index (χ0) is 19.0. The smallest absolute Gasteiger partial charge is 0.228 e. The molecule has 0 radical (unpaired) electrons. The molecule has 138 valence electrons. The van der Waals surface area contributed by atoms with E-state index in [2.05, 4.69) is 22.3 Å². The average Bonchev–Trinajstić information content (AvgIpc) is 3.34. The molecule has 0 spiro atoms. The van der Waals surface area contributed by atoms with Crippen molar-refractivity contribution >= 4 is 11.6 Å². The number of rotatable bonds is 5. The monoisotopic (exact) mass is 362 g/mol. The second kappa shape index (κ2) is 6.87. The van der Waals surface area contributed by atoms with Crippen molar-refractivity contribution in [1.82, 2.24) is 14.8 Å². The van der Waals surface area contributed by atoms with Gasteiger partial charge in [0.1, 0.15) is 5.75 Å². The van der Waals surface area contributed by atoms with E-state index in [0.29, 0.717) is 11.6 Å². The zero-order valence-corrected chi connectivity index (χ0v) is 15.6. The summed E-state index contributed by atoms with van der Waals surface area (Å²) in [6.07, 6.45) is 6.28. The molecule has 1 aromatic carbocycles. The summed E-state index contributed by atoms with van der Waals surface area (Å²) in [4.78, 5) is 16.7. The molecule has 2 aromatic heterocycles. The van der Waals surface area contributed by atoms with E-state index >= 15 is 0 Å². The van der Waals surface area contributed by atoms with Gasteiger partial charge in [0.05, 0.1) is 18.1 Å². The van der Waals surface area contributed by atoms with E-state index in [-0.39, 0.29) is 17.7 Å². The third-order valence-corrected chi connectivity index (χ3v) is 4.98. The first-order valence-electron chi connectivity index (χ1n) is 9.00. The number of nitrogens with zero attached hydrogens (tertiary/aromatic N) is 3. The number of pyridine rings is 1. The Hall–Kier alpha value is -3.15. The fraction of sp³-hybridized carbons (Fsp3) is 0.286. The van der Waals surface area contributed by atoms with Gasteiger partial charge in [-0.15, -0.1) is 0 Å². The number of anilines is 1. The van der Waals surface area contributed by atoms with E-state index < -0.39 is 0 Å². The van der Waals surface area contributed by atoms with Crippen LogP contribution in [0.2, 0.25) is 0 Å². The average molecular weight is 362 g/mol. The highest BCUT2D eigenvalue weighted by Crippen LogP contribution is 2.47. The van der Waals surface area contributed by atoms with Crippen molar-refractivity contribution in [2.75, 3.05) is 5.32 Å². The largest absolute Gasteiger partial charge is 0.439 e. The zero-order valence-electron chi connectivity index (χ0n) is 15.6. The molecule has 2 atom stereocenters. The van der Waals surface area contributed by atoms with E-state index in [1.54, 1.807) is 16.9 Å². The molecule has 2 heterocycles. The Bertz CT molecular complexity index is 978. The van der Waals surface area contributed by atoms with Crippen LogP contribution < -0.4 is 10.1 Å². The standard InChI is InChI=1S/C21H22N4O2/c1-13-4-6-17(8-14(13)2)27-20-7-5-16(11-22-20)24-21(26)19-9-18(19)15-10-23-25(3)12-15/h4-8,10-12,18-19H,9H2,1-3H3,(H,24,26). The van der Waals surface area contributed by atoms with Gasteiger partial charge in [-0.25, -0.2) is 4.98 Å². The van der Waals surface area contributed by atoms with Crippen molar-refractivity contribution in [2.45, 2.75) is 26.2 Å². The van der Waals surface area contributed by atoms with Gasteiger partial charge in [-0.1, -0.05) is 6.07 Å². The molecule has 6 heteroatoms. The molecule has 0 aliphatic heterocycles. The Kier molecular flexibility index (Phi) is 4.39. The number of carbonyl (C=O) groups excluding carboxylic acids is 1. The van der Waals surface area contributed by atoms with Gasteiger partial charge in [0.2, 0.25) is 11.8 Å².